The number of hydrogen-bond acceptors (Lipinski definition) is 0. The summed E-state index contributed by atoms with van der Waals surface area (Å²) in [5, 5.41) is 0.508. The third-order valence-corrected chi connectivity index (χ3v) is 1.97. The molecule has 0 aromatic rings. The molecule has 0 atom stereocenters. The summed E-state index contributed by atoms with van der Waals surface area (Å²) in [6.07, 6.45) is 6.62. The Bertz CT molecular complexity index is 46.3. The van der Waals surface area contributed by atoms with Crippen molar-refractivity contribution in [1.82, 2.24) is 0 Å². The monoisotopic (exact) mass is 134 g/mol. The van der Waals surface area contributed by atoms with Crippen LogP contribution in [0.5, 0.6) is 0 Å². The van der Waals surface area contributed by atoms with Crippen LogP contribution in [0.15, 0.2) is 0 Å². The molecule has 0 nitrogen and oxygen atoms in total. The third-order valence-electron chi connectivity index (χ3n) is 1.53. The lowest BCUT2D eigenvalue weighted by Gasteiger charge is -2.13. The number of alkyl halides is 1. The van der Waals surface area contributed by atoms with Crippen LogP contribution in [0.25, 0.3) is 0 Å². The molecular formula is C7H15Cl. The fraction of sp³-hybridized carbons (Fsp3) is 1.00. The van der Waals surface area contributed by atoms with Gasteiger partial charge in [-0.1, -0.05) is 26.7 Å². The van der Waals surface area contributed by atoms with Crippen molar-refractivity contribution in [2.75, 3.05) is 0 Å². The van der Waals surface area contributed by atoms with Gasteiger partial charge in [0.2, 0.25) is 0 Å². The molecule has 1 heteroatoms. The molecule has 0 unspecified atom stereocenters. The maximum atomic E-state index is 5.82. The van der Waals surface area contributed by atoms with Crippen molar-refractivity contribution >= 4 is 11.6 Å². The fourth-order valence-corrected chi connectivity index (χ4v) is 1.36. The highest BCUT2D eigenvalue weighted by molar-refractivity contribution is 6.20. The van der Waals surface area contributed by atoms with Crippen LogP contribution < -0.4 is 0 Å². The van der Waals surface area contributed by atoms with E-state index in [-0.39, 0.29) is 7.43 Å². The van der Waals surface area contributed by atoms with Crippen LogP contribution in [0.4, 0.5) is 0 Å². The summed E-state index contributed by atoms with van der Waals surface area (Å²) < 4.78 is 0. The summed E-state index contributed by atoms with van der Waals surface area (Å²) in [5.74, 6) is 0. The predicted molar refractivity (Wildman–Crippen MR) is 39.5 cm³/mol. The van der Waals surface area contributed by atoms with Gasteiger partial charge in [-0.15, -0.1) is 11.6 Å². The Morgan fingerprint density at radius 2 is 1.50 bits per heavy atom. The smallest absolute Gasteiger partial charge is 0.0336 e. The highest BCUT2D eigenvalue weighted by atomic mass is 35.5. The highest BCUT2D eigenvalue weighted by Crippen LogP contribution is 2.21. The first-order valence-corrected chi connectivity index (χ1v) is 3.47. The summed E-state index contributed by atoms with van der Waals surface area (Å²) in [6, 6.07) is 0. The molecule has 0 heterocycles. The Morgan fingerprint density at radius 1 is 1.00 bits per heavy atom. The minimum absolute atomic E-state index is 0. The van der Waals surface area contributed by atoms with Crippen molar-refractivity contribution in [3.63, 3.8) is 0 Å². The van der Waals surface area contributed by atoms with Gasteiger partial charge in [0.25, 0.3) is 0 Å². The van der Waals surface area contributed by atoms with Crippen molar-refractivity contribution < 1.29 is 0 Å². The second-order valence-electron chi connectivity index (χ2n) is 2.24. The Balaban J connectivity index is 0.000000490. The molecule has 0 saturated heterocycles. The number of rotatable bonds is 0. The van der Waals surface area contributed by atoms with Gasteiger partial charge in [-0.2, -0.15) is 0 Å². The second kappa shape index (κ2) is 4.20. The standard InChI is InChI=1S/C6H11Cl.CH4/c7-6-4-2-1-3-5-6;/h6H,1-5H2;1H4. The summed E-state index contributed by atoms with van der Waals surface area (Å²) in [4.78, 5) is 0. The molecule has 0 N–H and O–H groups in total. The molecule has 0 aromatic heterocycles. The second-order valence-corrected chi connectivity index (χ2v) is 2.85. The van der Waals surface area contributed by atoms with Gasteiger partial charge in [-0.3, -0.25) is 0 Å². The first-order valence-electron chi connectivity index (χ1n) is 3.03. The van der Waals surface area contributed by atoms with Gasteiger partial charge in [0.05, 0.1) is 0 Å². The highest BCUT2D eigenvalue weighted by Gasteiger charge is 2.08. The molecule has 1 aliphatic rings. The minimum atomic E-state index is 0. The first kappa shape index (κ1) is 8.29. The van der Waals surface area contributed by atoms with Gasteiger partial charge < -0.3 is 0 Å². The molecule has 0 spiro atoms. The Morgan fingerprint density at radius 3 is 1.75 bits per heavy atom. The maximum Gasteiger partial charge on any atom is 0.0336 e. The van der Waals surface area contributed by atoms with Crippen LogP contribution in [0.2, 0.25) is 0 Å². The average molecular weight is 135 g/mol. The van der Waals surface area contributed by atoms with Gasteiger partial charge in [0.15, 0.2) is 0 Å². The Labute approximate surface area is 57.2 Å². The molecule has 0 bridgehead atoms. The van der Waals surface area contributed by atoms with Crippen molar-refractivity contribution in [1.29, 1.82) is 0 Å². The molecule has 0 aromatic carbocycles. The predicted octanol–water partition coefficient (Wildman–Crippen LogP) is 3.19. The minimum Gasteiger partial charge on any atom is -0.123 e. The first-order chi connectivity index (χ1) is 3.39. The van der Waals surface area contributed by atoms with Crippen LogP contribution >= 0.6 is 11.6 Å². The van der Waals surface area contributed by atoms with E-state index in [1.807, 2.05) is 0 Å². The van der Waals surface area contributed by atoms with Crippen molar-refractivity contribution in [2.24, 2.45) is 0 Å². The Kier molecular flexibility index (Phi) is 4.35. The zero-order valence-corrected chi connectivity index (χ0v) is 5.25. The van der Waals surface area contributed by atoms with E-state index in [9.17, 15) is 0 Å². The summed E-state index contributed by atoms with van der Waals surface area (Å²) in [5.41, 5.74) is 0. The summed E-state index contributed by atoms with van der Waals surface area (Å²) in [7, 11) is 0. The van der Waals surface area contributed by atoms with Gasteiger partial charge in [0, 0.05) is 5.38 Å². The topological polar surface area (TPSA) is 0 Å². The molecule has 0 radical (unpaired) electrons. The van der Waals surface area contributed by atoms with Crippen molar-refractivity contribution in [2.45, 2.75) is 44.9 Å². The molecule has 1 fully saturated rings. The van der Waals surface area contributed by atoms with E-state index in [4.69, 9.17) is 11.6 Å². The maximum absolute atomic E-state index is 5.82. The van der Waals surface area contributed by atoms with E-state index in [1.165, 1.54) is 32.1 Å². The zero-order chi connectivity index (χ0) is 5.11. The lowest BCUT2D eigenvalue weighted by atomic mass is 10.0. The van der Waals surface area contributed by atoms with E-state index in [0.29, 0.717) is 5.38 Å². The van der Waals surface area contributed by atoms with E-state index in [2.05, 4.69) is 0 Å². The van der Waals surface area contributed by atoms with Gasteiger partial charge in [-0.05, 0) is 12.8 Å². The largest absolute Gasteiger partial charge is 0.123 e. The lowest BCUT2D eigenvalue weighted by molar-refractivity contribution is 0.511. The van der Waals surface area contributed by atoms with E-state index >= 15 is 0 Å². The third kappa shape index (κ3) is 2.56. The van der Waals surface area contributed by atoms with Gasteiger partial charge in [-0.25, -0.2) is 0 Å². The summed E-state index contributed by atoms with van der Waals surface area (Å²) >= 11 is 5.82. The van der Waals surface area contributed by atoms with Crippen LogP contribution in [0.3, 0.4) is 0 Å². The average Bonchev–Trinajstić information content (AvgIpc) is 1.69. The molecule has 1 rings (SSSR count). The van der Waals surface area contributed by atoms with Crippen molar-refractivity contribution in [3.05, 3.63) is 0 Å². The number of hydrogen-bond donors (Lipinski definition) is 0. The van der Waals surface area contributed by atoms with E-state index < -0.39 is 0 Å². The zero-order valence-electron chi connectivity index (χ0n) is 4.49. The van der Waals surface area contributed by atoms with Gasteiger partial charge >= 0.3 is 0 Å². The SMILES string of the molecule is C.ClC1CCCCC1. The molecular weight excluding hydrogens is 120 g/mol. The molecule has 0 amide bonds. The fourth-order valence-electron chi connectivity index (χ4n) is 1.05. The summed E-state index contributed by atoms with van der Waals surface area (Å²) in [6.45, 7) is 0. The van der Waals surface area contributed by atoms with Crippen LogP contribution in [-0.4, -0.2) is 5.38 Å². The molecule has 8 heavy (non-hydrogen) atoms. The molecule has 1 saturated carbocycles. The normalized spacial score (nSPS) is 22.1. The van der Waals surface area contributed by atoms with Crippen molar-refractivity contribution in [3.8, 4) is 0 Å². The molecule has 1 aliphatic carbocycles. The van der Waals surface area contributed by atoms with E-state index in [0.717, 1.165) is 0 Å². The van der Waals surface area contributed by atoms with Crippen LogP contribution in [0.1, 0.15) is 39.5 Å². The number of halogens is 1. The van der Waals surface area contributed by atoms with Gasteiger partial charge in [0.1, 0.15) is 0 Å². The lowest BCUT2D eigenvalue weighted by Crippen LogP contribution is -2.03. The van der Waals surface area contributed by atoms with Crippen LogP contribution in [0, 0.1) is 0 Å². The van der Waals surface area contributed by atoms with Crippen LogP contribution in [-0.2, 0) is 0 Å². The van der Waals surface area contributed by atoms with E-state index in [1.54, 1.807) is 0 Å². The Hall–Kier alpha value is 0.290. The quantitative estimate of drug-likeness (QED) is 0.447. The molecule has 0 aliphatic heterocycles. The molecule has 50 valence electrons.